The molecule has 1 aromatic rings. The van der Waals surface area contributed by atoms with Gasteiger partial charge >= 0.3 is 0 Å². The van der Waals surface area contributed by atoms with Gasteiger partial charge in [-0.25, -0.2) is 0 Å². The first kappa shape index (κ1) is 13.1. The van der Waals surface area contributed by atoms with Crippen molar-refractivity contribution < 1.29 is 4.74 Å². The lowest BCUT2D eigenvalue weighted by Crippen LogP contribution is -2.39. The summed E-state index contributed by atoms with van der Waals surface area (Å²) in [5.74, 6) is 0. The number of hydrogen-bond acceptors (Lipinski definition) is 3. The number of nitrogens with one attached hydrogen (secondary N) is 1. The first-order chi connectivity index (χ1) is 8.25. The normalized spacial score (nSPS) is 17.1. The smallest absolute Gasteiger partial charge is 0.0594 e. The number of benzene rings is 1. The molecule has 0 bridgehead atoms. The Bertz CT molecular complexity index is 370. The van der Waals surface area contributed by atoms with Crippen LogP contribution in [-0.2, 0) is 4.74 Å². The second-order valence-corrected chi connectivity index (χ2v) is 5.30. The van der Waals surface area contributed by atoms with Gasteiger partial charge in [0.05, 0.1) is 13.2 Å². The van der Waals surface area contributed by atoms with Crippen LogP contribution in [0.5, 0.6) is 0 Å². The summed E-state index contributed by atoms with van der Waals surface area (Å²) in [5.41, 5.74) is 1.05. The van der Waals surface area contributed by atoms with E-state index in [-0.39, 0.29) is 0 Å². The second kappa shape index (κ2) is 6.59. The van der Waals surface area contributed by atoms with Crippen molar-refractivity contribution in [2.45, 2.75) is 0 Å². The molecular weight excluding hydrogens is 304 g/mol. The monoisotopic (exact) mass is 318 g/mol. The van der Waals surface area contributed by atoms with Gasteiger partial charge in [0.2, 0.25) is 0 Å². The topological polar surface area (TPSA) is 24.5 Å². The highest BCUT2D eigenvalue weighted by atomic mass is 79.9. The van der Waals surface area contributed by atoms with Crippen LogP contribution in [0.1, 0.15) is 0 Å². The largest absolute Gasteiger partial charge is 0.383 e. The lowest BCUT2D eigenvalue weighted by molar-refractivity contribution is 0.0398. The van der Waals surface area contributed by atoms with Crippen LogP contribution >= 0.6 is 27.5 Å². The van der Waals surface area contributed by atoms with Gasteiger partial charge in [0, 0.05) is 41.4 Å². The van der Waals surface area contributed by atoms with Crippen LogP contribution in [0.3, 0.4) is 0 Å². The third-order valence-electron chi connectivity index (χ3n) is 2.78. The van der Waals surface area contributed by atoms with Crippen molar-refractivity contribution in [1.29, 1.82) is 0 Å². The lowest BCUT2D eigenvalue weighted by Gasteiger charge is -2.26. The third-order valence-corrected chi connectivity index (χ3v) is 3.70. The van der Waals surface area contributed by atoms with Crippen LogP contribution in [0, 0.1) is 0 Å². The quantitative estimate of drug-likeness (QED) is 0.923. The number of ether oxygens (including phenoxy) is 1. The molecule has 1 saturated heterocycles. The van der Waals surface area contributed by atoms with E-state index in [4.69, 9.17) is 16.3 Å². The number of anilines is 1. The van der Waals surface area contributed by atoms with Crippen molar-refractivity contribution in [2.24, 2.45) is 0 Å². The highest BCUT2D eigenvalue weighted by molar-refractivity contribution is 9.10. The minimum Gasteiger partial charge on any atom is -0.383 e. The Hall–Kier alpha value is -0.290. The van der Waals surface area contributed by atoms with Crippen LogP contribution < -0.4 is 5.32 Å². The molecule has 1 fully saturated rings. The number of rotatable bonds is 4. The molecule has 0 amide bonds. The van der Waals surface area contributed by atoms with Gasteiger partial charge in [-0.15, -0.1) is 0 Å². The fourth-order valence-electron chi connectivity index (χ4n) is 1.81. The molecule has 0 aromatic heterocycles. The van der Waals surface area contributed by atoms with Crippen LogP contribution in [0.15, 0.2) is 22.7 Å². The van der Waals surface area contributed by atoms with Gasteiger partial charge < -0.3 is 10.1 Å². The van der Waals surface area contributed by atoms with Crippen LogP contribution in [-0.4, -0.2) is 44.3 Å². The Labute approximate surface area is 115 Å². The summed E-state index contributed by atoms with van der Waals surface area (Å²) < 4.78 is 6.36. The predicted molar refractivity (Wildman–Crippen MR) is 74.9 cm³/mol. The van der Waals surface area contributed by atoms with Gasteiger partial charge in [-0.05, 0) is 34.1 Å². The van der Waals surface area contributed by atoms with Crippen molar-refractivity contribution in [3.63, 3.8) is 0 Å². The van der Waals surface area contributed by atoms with Gasteiger partial charge in [0.15, 0.2) is 0 Å². The average Bonchev–Trinajstić information content (AvgIpc) is 2.35. The zero-order valence-electron chi connectivity index (χ0n) is 9.59. The molecule has 0 radical (unpaired) electrons. The summed E-state index contributed by atoms with van der Waals surface area (Å²) in [7, 11) is 0. The van der Waals surface area contributed by atoms with Gasteiger partial charge in [-0.1, -0.05) is 11.6 Å². The van der Waals surface area contributed by atoms with Crippen molar-refractivity contribution in [2.75, 3.05) is 44.7 Å². The minimum absolute atomic E-state index is 0.752. The number of morpholine rings is 1. The van der Waals surface area contributed by atoms with Gasteiger partial charge in [0.25, 0.3) is 0 Å². The molecule has 1 aliphatic heterocycles. The summed E-state index contributed by atoms with van der Waals surface area (Å²) in [5, 5.41) is 4.14. The molecule has 0 unspecified atom stereocenters. The molecule has 1 heterocycles. The van der Waals surface area contributed by atoms with E-state index < -0.39 is 0 Å². The van der Waals surface area contributed by atoms with Crippen LogP contribution in [0.4, 0.5) is 5.69 Å². The molecule has 1 N–H and O–H groups in total. The predicted octanol–water partition coefficient (Wildman–Crippen LogP) is 2.85. The zero-order chi connectivity index (χ0) is 12.1. The molecule has 0 aliphatic carbocycles. The fourth-order valence-corrected chi connectivity index (χ4v) is 2.37. The average molecular weight is 320 g/mol. The standard InChI is InChI=1S/C12H16BrClN2O/c13-11-2-1-10(14)9-12(11)15-3-4-16-5-7-17-8-6-16/h1-2,9,15H,3-8H2. The van der Waals surface area contributed by atoms with E-state index in [0.717, 1.165) is 54.6 Å². The first-order valence-corrected chi connectivity index (χ1v) is 6.92. The molecule has 2 rings (SSSR count). The van der Waals surface area contributed by atoms with E-state index in [2.05, 4.69) is 26.1 Å². The Morgan fingerprint density at radius 2 is 2.12 bits per heavy atom. The molecule has 1 aromatic carbocycles. The fraction of sp³-hybridized carbons (Fsp3) is 0.500. The van der Waals surface area contributed by atoms with E-state index in [9.17, 15) is 0 Å². The SMILES string of the molecule is Clc1ccc(Br)c(NCCN2CCOCC2)c1. The van der Waals surface area contributed by atoms with Crippen LogP contribution in [0.25, 0.3) is 0 Å². The Kier molecular flexibility index (Phi) is 5.10. The van der Waals surface area contributed by atoms with Gasteiger partial charge in [-0.3, -0.25) is 4.90 Å². The first-order valence-electron chi connectivity index (χ1n) is 5.75. The van der Waals surface area contributed by atoms with Crippen molar-refractivity contribution in [3.8, 4) is 0 Å². The zero-order valence-corrected chi connectivity index (χ0v) is 11.9. The maximum atomic E-state index is 5.96. The van der Waals surface area contributed by atoms with Crippen molar-refractivity contribution >= 4 is 33.2 Å². The maximum absolute atomic E-state index is 5.96. The van der Waals surface area contributed by atoms with E-state index in [1.54, 1.807) is 0 Å². The molecule has 5 heteroatoms. The molecule has 0 saturated carbocycles. The summed E-state index contributed by atoms with van der Waals surface area (Å²) in [6.07, 6.45) is 0. The Morgan fingerprint density at radius 1 is 1.35 bits per heavy atom. The number of nitrogens with zero attached hydrogens (tertiary/aromatic N) is 1. The van der Waals surface area contributed by atoms with E-state index in [1.165, 1.54) is 0 Å². The van der Waals surface area contributed by atoms with Gasteiger partial charge in [0.1, 0.15) is 0 Å². The van der Waals surface area contributed by atoms with Crippen molar-refractivity contribution in [3.05, 3.63) is 27.7 Å². The summed E-state index contributed by atoms with van der Waals surface area (Å²) >= 11 is 9.46. The Balaban J connectivity index is 1.79. The summed E-state index contributed by atoms with van der Waals surface area (Å²) in [4.78, 5) is 2.40. The molecule has 94 valence electrons. The molecule has 17 heavy (non-hydrogen) atoms. The Morgan fingerprint density at radius 3 is 2.88 bits per heavy atom. The summed E-state index contributed by atoms with van der Waals surface area (Å²) in [6, 6.07) is 5.77. The third kappa shape index (κ3) is 4.14. The lowest BCUT2D eigenvalue weighted by atomic mass is 10.3. The number of halogens is 2. The molecule has 1 aliphatic rings. The second-order valence-electron chi connectivity index (χ2n) is 4.00. The van der Waals surface area contributed by atoms with E-state index >= 15 is 0 Å². The highest BCUT2D eigenvalue weighted by Crippen LogP contribution is 2.25. The molecular formula is C12H16BrClN2O. The number of hydrogen-bond donors (Lipinski definition) is 1. The molecule has 3 nitrogen and oxygen atoms in total. The molecule has 0 spiro atoms. The van der Waals surface area contributed by atoms with E-state index in [0.29, 0.717) is 0 Å². The summed E-state index contributed by atoms with van der Waals surface area (Å²) in [6.45, 7) is 5.69. The van der Waals surface area contributed by atoms with E-state index in [1.807, 2.05) is 18.2 Å². The highest BCUT2D eigenvalue weighted by Gasteiger charge is 2.09. The van der Waals surface area contributed by atoms with Crippen molar-refractivity contribution in [1.82, 2.24) is 4.90 Å². The maximum Gasteiger partial charge on any atom is 0.0594 e. The van der Waals surface area contributed by atoms with Gasteiger partial charge in [-0.2, -0.15) is 0 Å². The van der Waals surface area contributed by atoms with Crippen LogP contribution in [0.2, 0.25) is 5.02 Å². The molecule has 0 atom stereocenters. The minimum atomic E-state index is 0.752.